The van der Waals surface area contributed by atoms with E-state index in [1.165, 1.54) is 23.5 Å². The molecule has 2 aromatic heterocycles. The summed E-state index contributed by atoms with van der Waals surface area (Å²) in [7, 11) is 0. The minimum atomic E-state index is -0.232. The number of thiazole rings is 1. The Bertz CT molecular complexity index is 913. The lowest BCUT2D eigenvalue weighted by molar-refractivity contribution is 0.627. The van der Waals surface area contributed by atoms with Gasteiger partial charge in [0, 0.05) is 6.42 Å². The lowest BCUT2D eigenvalue weighted by Crippen LogP contribution is -1.88. The molecule has 0 radical (unpaired) electrons. The average Bonchev–Trinajstić information content (AvgIpc) is 3.16. The van der Waals surface area contributed by atoms with Crippen LogP contribution in [0.5, 0.6) is 0 Å². The van der Waals surface area contributed by atoms with Crippen LogP contribution in [0.4, 0.5) is 14.7 Å². The van der Waals surface area contributed by atoms with Crippen LogP contribution in [0.25, 0.3) is 10.2 Å². The summed E-state index contributed by atoms with van der Waals surface area (Å²) in [5, 5.41) is 13.9. The second kappa shape index (κ2) is 6.02. The van der Waals surface area contributed by atoms with Gasteiger partial charge in [0.25, 0.3) is 0 Å². The van der Waals surface area contributed by atoms with E-state index in [9.17, 15) is 4.39 Å². The van der Waals surface area contributed by atoms with Gasteiger partial charge in [-0.1, -0.05) is 46.9 Å². The fourth-order valence-corrected chi connectivity index (χ4v) is 3.87. The molecule has 0 fully saturated rings. The van der Waals surface area contributed by atoms with Crippen LogP contribution in [0.15, 0.2) is 48.5 Å². The van der Waals surface area contributed by atoms with Crippen molar-refractivity contribution in [2.45, 2.75) is 6.42 Å². The summed E-state index contributed by atoms with van der Waals surface area (Å²) < 4.78 is 14.0. The fourth-order valence-electron chi connectivity index (χ4n) is 2.17. The van der Waals surface area contributed by atoms with E-state index in [1.807, 2.05) is 24.3 Å². The predicted octanol–water partition coefficient (Wildman–Crippen LogP) is 4.62. The van der Waals surface area contributed by atoms with E-state index in [2.05, 4.69) is 20.5 Å². The largest absolute Gasteiger partial charge is 0.306 e. The highest BCUT2D eigenvalue weighted by atomic mass is 32.1. The van der Waals surface area contributed by atoms with E-state index in [0.29, 0.717) is 11.6 Å². The summed E-state index contributed by atoms with van der Waals surface area (Å²) in [6.45, 7) is 0. The van der Waals surface area contributed by atoms with Gasteiger partial charge in [-0.05, 0) is 29.8 Å². The number of hydrogen-bond donors (Lipinski definition) is 1. The Morgan fingerprint density at radius 1 is 0.913 bits per heavy atom. The zero-order valence-electron chi connectivity index (χ0n) is 11.9. The second-order valence-corrected chi connectivity index (χ2v) is 7.01. The standard InChI is InChI=1S/C16H11FN4S2/c17-11-7-5-10(6-8-11)9-14-20-21-16(23-14)19-15-18-12-3-1-2-4-13(12)22-15/h1-8H,9H2,(H,18,19,21). The summed E-state index contributed by atoms with van der Waals surface area (Å²) in [5.41, 5.74) is 1.98. The van der Waals surface area contributed by atoms with Gasteiger partial charge in [0.05, 0.1) is 10.2 Å². The van der Waals surface area contributed by atoms with Gasteiger partial charge < -0.3 is 5.32 Å². The summed E-state index contributed by atoms with van der Waals surface area (Å²) in [5.74, 6) is -0.232. The van der Waals surface area contributed by atoms with Gasteiger partial charge >= 0.3 is 0 Å². The zero-order valence-corrected chi connectivity index (χ0v) is 13.5. The summed E-state index contributed by atoms with van der Waals surface area (Å²) in [6, 6.07) is 14.4. The van der Waals surface area contributed by atoms with Crippen LogP contribution in [0.2, 0.25) is 0 Å². The third kappa shape index (κ3) is 3.20. The molecule has 114 valence electrons. The number of anilines is 2. The van der Waals surface area contributed by atoms with Gasteiger partial charge in [0.2, 0.25) is 5.13 Å². The van der Waals surface area contributed by atoms with E-state index < -0.39 is 0 Å². The molecule has 0 bridgehead atoms. The molecule has 0 aliphatic rings. The van der Waals surface area contributed by atoms with Crippen molar-refractivity contribution in [3.8, 4) is 0 Å². The van der Waals surface area contributed by atoms with Gasteiger partial charge in [-0.3, -0.25) is 0 Å². The molecule has 0 aliphatic carbocycles. The first-order chi connectivity index (χ1) is 11.3. The number of aromatic nitrogens is 3. The number of nitrogens with one attached hydrogen (secondary N) is 1. The maximum Gasteiger partial charge on any atom is 0.211 e. The van der Waals surface area contributed by atoms with Crippen molar-refractivity contribution in [3.63, 3.8) is 0 Å². The van der Waals surface area contributed by atoms with Gasteiger partial charge in [-0.15, -0.1) is 10.2 Å². The molecule has 0 saturated carbocycles. The monoisotopic (exact) mass is 342 g/mol. The Labute approximate surface area is 139 Å². The number of nitrogens with zero attached hydrogens (tertiary/aromatic N) is 3. The highest BCUT2D eigenvalue weighted by Gasteiger charge is 2.08. The van der Waals surface area contributed by atoms with E-state index in [0.717, 1.165) is 25.9 Å². The molecule has 4 rings (SSSR count). The molecule has 0 atom stereocenters. The topological polar surface area (TPSA) is 50.7 Å². The van der Waals surface area contributed by atoms with Crippen LogP contribution >= 0.6 is 22.7 Å². The number of fused-ring (bicyclic) bond motifs is 1. The van der Waals surface area contributed by atoms with E-state index in [-0.39, 0.29) is 5.82 Å². The van der Waals surface area contributed by atoms with Gasteiger partial charge in [-0.2, -0.15) is 0 Å². The summed E-state index contributed by atoms with van der Waals surface area (Å²) in [4.78, 5) is 4.52. The van der Waals surface area contributed by atoms with Crippen LogP contribution in [0.3, 0.4) is 0 Å². The molecule has 0 unspecified atom stereocenters. The first kappa shape index (κ1) is 14.2. The molecule has 0 spiro atoms. The Morgan fingerprint density at radius 2 is 1.74 bits per heavy atom. The van der Waals surface area contributed by atoms with Crippen molar-refractivity contribution in [3.05, 3.63) is 64.9 Å². The Balaban J connectivity index is 1.50. The quantitative estimate of drug-likeness (QED) is 0.588. The maximum absolute atomic E-state index is 12.9. The third-order valence-corrected chi connectivity index (χ3v) is 5.03. The first-order valence-electron chi connectivity index (χ1n) is 6.96. The maximum atomic E-state index is 12.9. The number of rotatable bonds is 4. The molecule has 4 aromatic rings. The van der Waals surface area contributed by atoms with Gasteiger partial charge in [0.1, 0.15) is 10.8 Å². The van der Waals surface area contributed by atoms with Crippen LogP contribution in [-0.4, -0.2) is 15.2 Å². The number of para-hydroxylation sites is 1. The van der Waals surface area contributed by atoms with Crippen molar-refractivity contribution in [2.75, 3.05) is 5.32 Å². The molecule has 1 N–H and O–H groups in total. The first-order valence-corrected chi connectivity index (χ1v) is 8.59. The number of hydrogen-bond acceptors (Lipinski definition) is 6. The Kier molecular flexibility index (Phi) is 3.72. The van der Waals surface area contributed by atoms with Crippen LogP contribution < -0.4 is 5.32 Å². The van der Waals surface area contributed by atoms with E-state index in [4.69, 9.17) is 0 Å². The average molecular weight is 342 g/mol. The molecule has 23 heavy (non-hydrogen) atoms. The number of benzene rings is 2. The fraction of sp³-hybridized carbons (Fsp3) is 0.0625. The SMILES string of the molecule is Fc1ccc(Cc2nnc(Nc3nc4ccccc4s3)s2)cc1. The normalized spacial score (nSPS) is 11.0. The highest BCUT2D eigenvalue weighted by Crippen LogP contribution is 2.29. The van der Waals surface area contributed by atoms with E-state index >= 15 is 0 Å². The van der Waals surface area contributed by atoms with Crippen LogP contribution in [0, 0.1) is 5.82 Å². The molecule has 0 aliphatic heterocycles. The lowest BCUT2D eigenvalue weighted by atomic mass is 10.2. The lowest BCUT2D eigenvalue weighted by Gasteiger charge is -1.96. The molecule has 2 aromatic carbocycles. The smallest absolute Gasteiger partial charge is 0.211 e. The van der Waals surface area contributed by atoms with E-state index in [1.54, 1.807) is 23.5 Å². The minimum Gasteiger partial charge on any atom is -0.306 e. The molecular formula is C16H11FN4S2. The predicted molar refractivity (Wildman–Crippen MR) is 92.0 cm³/mol. The number of halogens is 1. The Hall–Kier alpha value is -2.38. The van der Waals surface area contributed by atoms with Gasteiger partial charge in [0.15, 0.2) is 5.13 Å². The minimum absolute atomic E-state index is 0.232. The van der Waals surface area contributed by atoms with Crippen LogP contribution in [0.1, 0.15) is 10.6 Å². The van der Waals surface area contributed by atoms with Crippen molar-refractivity contribution >= 4 is 43.2 Å². The molecular weight excluding hydrogens is 331 g/mol. The van der Waals surface area contributed by atoms with Crippen molar-refractivity contribution in [1.29, 1.82) is 0 Å². The van der Waals surface area contributed by atoms with Crippen LogP contribution in [-0.2, 0) is 6.42 Å². The van der Waals surface area contributed by atoms with Crippen molar-refractivity contribution < 1.29 is 4.39 Å². The summed E-state index contributed by atoms with van der Waals surface area (Å²) in [6.07, 6.45) is 0.638. The molecule has 4 nitrogen and oxygen atoms in total. The molecule has 0 amide bonds. The Morgan fingerprint density at radius 3 is 2.57 bits per heavy atom. The third-order valence-electron chi connectivity index (χ3n) is 3.24. The summed E-state index contributed by atoms with van der Waals surface area (Å²) >= 11 is 3.06. The van der Waals surface area contributed by atoms with Gasteiger partial charge in [-0.25, -0.2) is 9.37 Å². The second-order valence-electron chi connectivity index (χ2n) is 4.92. The van der Waals surface area contributed by atoms with Crippen molar-refractivity contribution in [2.24, 2.45) is 0 Å². The molecule has 2 heterocycles. The highest BCUT2D eigenvalue weighted by molar-refractivity contribution is 7.22. The van der Waals surface area contributed by atoms with Crippen molar-refractivity contribution in [1.82, 2.24) is 15.2 Å². The molecule has 7 heteroatoms. The molecule has 0 saturated heterocycles. The zero-order chi connectivity index (χ0) is 15.6.